The fourth-order valence-electron chi connectivity index (χ4n) is 2.79. The number of nitrogens with one attached hydrogen (secondary N) is 3. The van der Waals surface area contributed by atoms with Crippen molar-refractivity contribution in [1.82, 2.24) is 20.4 Å². The van der Waals surface area contributed by atoms with Crippen LogP contribution >= 0.6 is 23.1 Å². The van der Waals surface area contributed by atoms with Crippen LogP contribution in [0.5, 0.6) is 0 Å². The molecule has 3 N–H and O–H groups in total. The van der Waals surface area contributed by atoms with Crippen molar-refractivity contribution < 1.29 is 14.5 Å². The molecule has 1 aliphatic heterocycles. The Kier molecular flexibility index (Phi) is 6.71. The fourth-order valence-corrected chi connectivity index (χ4v) is 4.52. The summed E-state index contributed by atoms with van der Waals surface area (Å²) in [5.74, 6) is 0.603. The summed E-state index contributed by atoms with van der Waals surface area (Å²) in [6.07, 6.45) is 2.40. The van der Waals surface area contributed by atoms with E-state index in [1.807, 2.05) is 18.7 Å². The minimum absolute atomic E-state index is 0.0808. The van der Waals surface area contributed by atoms with E-state index in [2.05, 4.69) is 20.8 Å². The molecular formula is C16H27N6O2S2+. The van der Waals surface area contributed by atoms with Gasteiger partial charge >= 0.3 is 0 Å². The quantitative estimate of drug-likeness (QED) is 0.509. The SMILES string of the molecule is CC(C)NC(=O)C[NH+]1CCN(C(=O)CSc2nnc(NC3CC3)s2)CC1. The highest BCUT2D eigenvalue weighted by Crippen LogP contribution is 2.30. The summed E-state index contributed by atoms with van der Waals surface area (Å²) in [6, 6.07) is 0.728. The number of amides is 2. The van der Waals surface area contributed by atoms with Crippen molar-refractivity contribution in [3.63, 3.8) is 0 Å². The monoisotopic (exact) mass is 399 g/mol. The van der Waals surface area contributed by atoms with Crippen LogP contribution in [0, 0.1) is 0 Å². The Morgan fingerprint density at radius 1 is 1.31 bits per heavy atom. The third-order valence-corrected chi connectivity index (χ3v) is 6.29. The van der Waals surface area contributed by atoms with Gasteiger partial charge in [-0.25, -0.2) is 0 Å². The van der Waals surface area contributed by atoms with E-state index in [-0.39, 0.29) is 17.9 Å². The Balaban J connectivity index is 1.35. The van der Waals surface area contributed by atoms with E-state index in [4.69, 9.17) is 0 Å². The summed E-state index contributed by atoms with van der Waals surface area (Å²) in [5, 5.41) is 15.3. The molecular weight excluding hydrogens is 372 g/mol. The molecule has 8 nitrogen and oxygen atoms in total. The van der Waals surface area contributed by atoms with Gasteiger partial charge in [-0.05, 0) is 26.7 Å². The lowest BCUT2D eigenvalue weighted by atomic mass is 10.3. The van der Waals surface area contributed by atoms with Crippen molar-refractivity contribution in [2.24, 2.45) is 0 Å². The normalized spacial score (nSPS) is 18.2. The zero-order chi connectivity index (χ0) is 18.5. The van der Waals surface area contributed by atoms with Crippen molar-refractivity contribution in [3.05, 3.63) is 0 Å². The standard InChI is InChI=1S/C16H26N6O2S2/c1-11(2)17-13(23)9-21-5-7-22(8-6-21)14(24)10-25-16-20-19-15(26-16)18-12-3-4-12/h11-12H,3-10H2,1-2H3,(H,17,23)(H,18,19)/p+1. The van der Waals surface area contributed by atoms with Gasteiger partial charge in [0.05, 0.1) is 31.9 Å². The summed E-state index contributed by atoms with van der Waals surface area (Å²) in [7, 11) is 0. The summed E-state index contributed by atoms with van der Waals surface area (Å²) in [5.41, 5.74) is 0. The van der Waals surface area contributed by atoms with Crippen LogP contribution in [0.25, 0.3) is 0 Å². The Hall–Kier alpha value is -1.39. The molecule has 2 amide bonds. The van der Waals surface area contributed by atoms with Crippen LogP contribution in [-0.4, -0.2) is 77.5 Å². The topological polar surface area (TPSA) is 91.7 Å². The number of hydrogen-bond donors (Lipinski definition) is 3. The Morgan fingerprint density at radius 2 is 2.04 bits per heavy atom. The number of quaternary nitrogens is 1. The smallest absolute Gasteiger partial charge is 0.275 e. The summed E-state index contributed by atoms with van der Waals surface area (Å²) >= 11 is 2.96. The predicted octanol–water partition coefficient (Wildman–Crippen LogP) is -0.544. The van der Waals surface area contributed by atoms with Gasteiger partial charge in [0.15, 0.2) is 10.9 Å². The summed E-state index contributed by atoms with van der Waals surface area (Å²) in [4.78, 5) is 27.4. The van der Waals surface area contributed by atoms with Gasteiger partial charge in [0.25, 0.3) is 5.91 Å². The lowest BCUT2D eigenvalue weighted by Gasteiger charge is -2.31. The molecule has 10 heteroatoms. The second kappa shape index (κ2) is 9.01. The highest BCUT2D eigenvalue weighted by atomic mass is 32.2. The Labute approximate surface area is 162 Å². The molecule has 2 heterocycles. The molecule has 0 unspecified atom stereocenters. The number of carbonyl (C=O) groups is 2. The zero-order valence-electron chi connectivity index (χ0n) is 15.3. The van der Waals surface area contributed by atoms with Crippen LogP contribution in [0.4, 0.5) is 5.13 Å². The van der Waals surface area contributed by atoms with Gasteiger partial charge in [-0.3, -0.25) is 9.59 Å². The molecule has 0 radical (unpaired) electrons. The number of piperazine rings is 1. The van der Waals surface area contributed by atoms with Crippen molar-refractivity contribution in [1.29, 1.82) is 0 Å². The molecule has 2 fully saturated rings. The van der Waals surface area contributed by atoms with Crippen LogP contribution in [0.2, 0.25) is 0 Å². The van der Waals surface area contributed by atoms with Crippen LogP contribution < -0.4 is 15.5 Å². The van der Waals surface area contributed by atoms with Crippen LogP contribution in [0.1, 0.15) is 26.7 Å². The second-order valence-corrected chi connectivity index (χ2v) is 9.31. The first-order valence-electron chi connectivity index (χ1n) is 9.13. The van der Waals surface area contributed by atoms with Gasteiger partial charge in [0.2, 0.25) is 11.0 Å². The van der Waals surface area contributed by atoms with Crippen molar-refractivity contribution in [3.8, 4) is 0 Å². The number of hydrogen-bond acceptors (Lipinski definition) is 7. The van der Waals surface area contributed by atoms with Crippen molar-refractivity contribution in [2.45, 2.75) is 43.1 Å². The van der Waals surface area contributed by atoms with Crippen molar-refractivity contribution in [2.75, 3.05) is 43.8 Å². The maximum absolute atomic E-state index is 12.4. The van der Waals surface area contributed by atoms with E-state index >= 15 is 0 Å². The molecule has 3 rings (SSSR count). The van der Waals surface area contributed by atoms with Crippen LogP contribution in [-0.2, 0) is 9.59 Å². The van der Waals surface area contributed by atoms with E-state index in [0.29, 0.717) is 31.4 Å². The van der Waals surface area contributed by atoms with E-state index in [1.165, 1.54) is 40.8 Å². The molecule has 26 heavy (non-hydrogen) atoms. The van der Waals surface area contributed by atoms with Gasteiger partial charge < -0.3 is 20.4 Å². The maximum atomic E-state index is 12.4. The van der Waals surface area contributed by atoms with Gasteiger partial charge in [-0.1, -0.05) is 23.1 Å². The average molecular weight is 400 g/mol. The number of anilines is 1. The summed E-state index contributed by atoms with van der Waals surface area (Å²) in [6.45, 7) is 7.44. The average Bonchev–Trinajstić information content (AvgIpc) is 3.29. The maximum Gasteiger partial charge on any atom is 0.275 e. The molecule has 2 aliphatic rings. The Bertz CT molecular complexity index is 626. The molecule has 1 aromatic rings. The molecule has 1 saturated heterocycles. The number of carbonyl (C=O) groups excluding carboxylic acids is 2. The highest BCUT2D eigenvalue weighted by Gasteiger charge is 2.26. The predicted molar refractivity (Wildman–Crippen MR) is 103 cm³/mol. The fraction of sp³-hybridized carbons (Fsp3) is 0.750. The lowest BCUT2D eigenvalue weighted by Crippen LogP contribution is -3.16. The van der Waals surface area contributed by atoms with Crippen molar-refractivity contribution >= 4 is 40.0 Å². The molecule has 0 atom stereocenters. The van der Waals surface area contributed by atoms with Gasteiger partial charge in [0.1, 0.15) is 0 Å². The zero-order valence-corrected chi connectivity index (χ0v) is 16.9. The minimum atomic E-state index is 0.0808. The van der Waals surface area contributed by atoms with Gasteiger partial charge in [-0.2, -0.15) is 0 Å². The molecule has 0 spiro atoms. The minimum Gasteiger partial charge on any atom is -0.357 e. The molecule has 1 aromatic heterocycles. The molecule has 1 saturated carbocycles. The number of thioether (sulfide) groups is 1. The number of aromatic nitrogens is 2. The molecule has 0 bridgehead atoms. The third kappa shape index (κ3) is 6.10. The second-order valence-electron chi connectivity index (χ2n) is 7.11. The number of rotatable bonds is 8. The first kappa shape index (κ1) is 19.4. The summed E-state index contributed by atoms with van der Waals surface area (Å²) < 4.78 is 0.830. The molecule has 144 valence electrons. The molecule has 0 aromatic carbocycles. The first-order chi connectivity index (χ1) is 12.5. The highest BCUT2D eigenvalue weighted by molar-refractivity contribution is 8.01. The van der Waals surface area contributed by atoms with Crippen LogP contribution in [0.15, 0.2) is 4.34 Å². The van der Waals surface area contributed by atoms with Crippen LogP contribution in [0.3, 0.4) is 0 Å². The first-order valence-corrected chi connectivity index (χ1v) is 10.9. The Morgan fingerprint density at radius 3 is 2.69 bits per heavy atom. The lowest BCUT2D eigenvalue weighted by molar-refractivity contribution is -0.896. The third-order valence-electron chi connectivity index (χ3n) is 4.31. The van der Waals surface area contributed by atoms with E-state index in [9.17, 15) is 9.59 Å². The molecule has 1 aliphatic carbocycles. The van der Waals surface area contributed by atoms with E-state index in [1.54, 1.807) is 0 Å². The number of nitrogens with zero attached hydrogens (tertiary/aromatic N) is 3. The van der Waals surface area contributed by atoms with E-state index < -0.39 is 0 Å². The van der Waals surface area contributed by atoms with Gasteiger partial charge in [0, 0.05) is 12.1 Å². The van der Waals surface area contributed by atoms with E-state index in [0.717, 1.165) is 22.6 Å². The largest absolute Gasteiger partial charge is 0.357 e. The van der Waals surface area contributed by atoms with Gasteiger partial charge in [-0.15, -0.1) is 10.2 Å².